The molecule has 1 rings (SSSR count). The topological polar surface area (TPSA) is 22.1 Å². The molecule has 10 heavy (non-hydrogen) atoms. The fraction of sp³-hybridized carbons (Fsp3) is 0.143. The quantitative estimate of drug-likeness (QED) is 0.653. The molecule has 0 spiro atoms. The van der Waals surface area contributed by atoms with Crippen molar-refractivity contribution in [1.82, 2.24) is 4.98 Å². The number of ether oxygens (including phenoxy) is 1. The van der Waals surface area contributed by atoms with Crippen LogP contribution < -0.4 is 4.74 Å². The van der Waals surface area contributed by atoms with Gasteiger partial charge in [-0.15, -0.1) is 0 Å². The molecule has 0 fully saturated rings. The standard InChI is InChI=1S/C7H7ClNO/c1-2-10-7-4-3-6(8)5-9-7/h3-5H,1-2H2. The molecule has 0 N–H and O–H groups in total. The minimum atomic E-state index is 0.384. The fourth-order valence-corrected chi connectivity index (χ4v) is 0.664. The van der Waals surface area contributed by atoms with Crippen LogP contribution in [0.15, 0.2) is 18.3 Å². The highest BCUT2D eigenvalue weighted by Gasteiger charge is 1.90. The molecule has 1 aromatic rings. The predicted molar refractivity (Wildman–Crippen MR) is 40.1 cm³/mol. The molecule has 3 heteroatoms. The van der Waals surface area contributed by atoms with Gasteiger partial charge in [-0.1, -0.05) is 11.6 Å². The van der Waals surface area contributed by atoms with Gasteiger partial charge in [0.15, 0.2) is 0 Å². The molecule has 0 aliphatic rings. The van der Waals surface area contributed by atoms with Crippen LogP contribution in [0.2, 0.25) is 5.02 Å². The molecule has 0 aromatic carbocycles. The molecule has 1 radical (unpaired) electrons. The predicted octanol–water partition coefficient (Wildman–Crippen LogP) is 1.95. The number of rotatable bonds is 2. The highest BCUT2D eigenvalue weighted by Crippen LogP contribution is 2.10. The van der Waals surface area contributed by atoms with Crippen molar-refractivity contribution in [2.45, 2.75) is 0 Å². The maximum absolute atomic E-state index is 5.58. The number of aromatic nitrogens is 1. The normalized spacial score (nSPS) is 9.40. The maximum Gasteiger partial charge on any atom is 0.213 e. The zero-order valence-corrected chi connectivity index (χ0v) is 6.14. The molecule has 0 amide bonds. The lowest BCUT2D eigenvalue weighted by molar-refractivity contribution is 0.346. The second kappa shape index (κ2) is 3.42. The van der Waals surface area contributed by atoms with Crippen LogP contribution in [0.3, 0.4) is 0 Å². The van der Waals surface area contributed by atoms with Gasteiger partial charge in [0.05, 0.1) is 11.6 Å². The minimum Gasteiger partial charge on any atom is -0.478 e. The molecule has 0 atom stereocenters. The van der Waals surface area contributed by atoms with E-state index in [1.54, 1.807) is 12.1 Å². The molecule has 0 aliphatic carbocycles. The van der Waals surface area contributed by atoms with Gasteiger partial charge in [-0.3, -0.25) is 0 Å². The third-order valence-electron chi connectivity index (χ3n) is 0.950. The van der Waals surface area contributed by atoms with Gasteiger partial charge in [0.2, 0.25) is 5.88 Å². The van der Waals surface area contributed by atoms with Crippen molar-refractivity contribution >= 4 is 11.6 Å². The summed E-state index contributed by atoms with van der Waals surface area (Å²) < 4.78 is 4.98. The summed E-state index contributed by atoms with van der Waals surface area (Å²) in [7, 11) is 0. The molecule has 0 unspecified atom stereocenters. The zero-order valence-electron chi connectivity index (χ0n) is 5.38. The van der Waals surface area contributed by atoms with Crippen LogP contribution >= 0.6 is 11.6 Å². The molecule has 0 saturated carbocycles. The van der Waals surface area contributed by atoms with Crippen molar-refractivity contribution in [2.24, 2.45) is 0 Å². The van der Waals surface area contributed by atoms with E-state index in [0.717, 1.165) is 0 Å². The average Bonchev–Trinajstić information content (AvgIpc) is 1.95. The van der Waals surface area contributed by atoms with Gasteiger partial charge in [0.25, 0.3) is 0 Å². The van der Waals surface area contributed by atoms with Crippen molar-refractivity contribution < 1.29 is 4.74 Å². The first-order valence-electron chi connectivity index (χ1n) is 2.86. The summed E-state index contributed by atoms with van der Waals surface area (Å²) in [5.41, 5.74) is 0. The van der Waals surface area contributed by atoms with Gasteiger partial charge in [-0.05, 0) is 13.0 Å². The van der Waals surface area contributed by atoms with E-state index in [9.17, 15) is 0 Å². The first-order valence-corrected chi connectivity index (χ1v) is 3.24. The van der Waals surface area contributed by atoms with Crippen molar-refractivity contribution in [2.75, 3.05) is 6.61 Å². The van der Waals surface area contributed by atoms with E-state index in [1.807, 2.05) is 0 Å². The molecule has 1 heterocycles. The number of hydrogen-bond donors (Lipinski definition) is 0. The van der Waals surface area contributed by atoms with Gasteiger partial charge in [0, 0.05) is 12.3 Å². The van der Waals surface area contributed by atoms with Crippen molar-refractivity contribution in [3.05, 3.63) is 30.3 Å². The zero-order chi connectivity index (χ0) is 7.40. The molecule has 1 aromatic heterocycles. The van der Waals surface area contributed by atoms with Crippen molar-refractivity contribution in [3.63, 3.8) is 0 Å². The summed E-state index contributed by atoms with van der Waals surface area (Å²) in [5, 5.41) is 0.608. The van der Waals surface area contributed by atoms with Crippen LogP contribution in [-0.2, 0) is 0 Å². The Morgan fingerprint density at radius 2 is 2.40 bits per heavy atom. The highest BCUT2D eigenvalue weighted by molar-refractivity contribution is 6.30. The first kappa shape index (κ1) is 7.35. The first-order chi connectivity index (χ1) is 4.83. The Morgan fingerprint density at radius 1 is 1.60 bits per heavy atom. The van der Waals surface area contributed by atoms with E-state index in [1.165, 1.54) is 6.20 Å². The summed E-state index contributed by atoms with van der Waals surface area (Å²) in [5.74, 6) is 0.555. The Balaban J connectivity index is 2.69. The number of hydrogen-bond acceptors (Lipinski definition) is 2. The largest absolute Gasteiger partial charge is 0.478 e. The molecule has 0 saturated heterocycles. The third-order valence-corrected chi connectivity index (χ3v) is 1.17. The average molecular weight is 157 g/mol. The van der Waals surface area contributed by atoms with Crippen molar-refractivity contribution in [3.8, 4) is 5.88 Å². The van der Waals surface area contributed by atoms with Crippen LogP contribution in [0.5, 0.6) is 5.88 Å². The SMILES string of the molecule is [CH2]COc1ccc(Cl)cn1. The molecule has 0 bridgehead atoms. The van der Waals surface area contributed by atoms with Crippen LogP contribution in [0.25, 0.3) is 0 Å². The molecular formula is C7H7ClNO. The van der Waals surface area contributed by atoms with E-state index >= 15 is 0 Å². The summed E-state index contributed by atoms with van der Waals surface area (Å²) >= 11 is 5.58. The van der Waals surface area contributed by atoms with Gasteiger partial charge in [-0.25, -0.2) is 4.98 Å². The smallest absolute Gasteiger partial charge is 0.213 e. The van der Waals surface area contributed by atoms with Crippen LogP contribution in [0, 0.1) is 6.92 Å². The molecular weight excluding hydrogens is 150 g/mol. The Bertz CT molecular complexity index is 197. The summed E-state index contributed by atoms with van der Waals surface area (Å²) in [6.45, 7) is 3.89. The third kappa shape index (κ3) is 1.88. The van der Waals surface area contributed by atoms with Gasteiger partial charge < -0.3 is 4.74 Å². The Hall–Kier alpha value is -0.760. The van der Waals surface area contributed by atoms with E-state index in [4.69, 9.17) is 16.3 Å². The van der Waals surface area contributed by atoms with Gasteiger partial charge in [-0.2, -0.15) is 0 Å². The van der Waals surface area contributed by atoms with Crippen molar-refractivity contribution in [1.29, 1.82) is 0 Å². The number of pyridine rings is 1. The lowest BCUT2D eigenvalue weighted by atomic mass is 10.5. The second-order valence-corrected chi connectivity index (χ2v) is 2.10. The second-order valence-electron chi connectivity index (χ2n) is 1.66. The summed E-state index contributed by atoms with van der Waals surface area (Å²) in [4.78, 5) is 3.87. The number of halogens is 1. The van der Waals surface area contributed by atoms with Crippen LogP contribution in [-0.4, -0.2) is 11.6 Å². The fourth-order valence-electron chi connectivity index (χ4n) is 0.552. The Labute approximate surface area is 64.8 Å². The summed E-state index contributed by atoms with van der Waals surface area (Å²) in [6, 6.07) is 3.42. The Kier molecular flexibility index (Phi) is 2.51. The number of nitrogens with zero attached hydrogens (tertiary/aromatic N) is 1. The monoisotopic (exact) mass is 156 g/mol. The van der Waals surface area contributed by atoms with E-state index in [-0.39, 0.29) is 0 Å². The minimum absolute atomic E-state index is 0.384. The van der Waals surface area contributed by atoms with Gasteiger partial charge >= 0.3 is 0 Å². The molecule has 0 aliphatic heterocycles. The lowest BCUT2D eigenvalue weighted by Crippen LogP contribution is -1.93. The van der Waals surface area contributed by atoms with E-state index in [2.05, 4.69) is 11.9 Å². The Morgan fingerprint density at radius 3 is 2.90 bits per heavy atom. The van der Waals surface area contributed by atoms with Crippen LogP contribution in [0.4, 0.5) is 0 Å². The lowest BCUT2D eigenvalue weighted by Gasteiger charge is -1.98. The van der Waals surface area contributed by atoms with E-state index in [0.29, 0.717) is 17.5 Å². The van der Waals surface area contributed by atoms with Gasteiger partial charge in [0.1, 0.15) is 0 Å². The maximum atomic E-state index is 5.58. The molecule has 53 valence electrons. The van der Waals surface area contributed by atoms with Crippen LogP contribution in [0.1, 0.15) is 0 Å². The highest BCUT2D eigenvalue weighted by atomic mass is 35.5. The summed E-state index contributed by atoms with van der Waals surface area (Å²) in [6.07, 6.45) is 1.53. The van der Waals surface area contributed by atoms with E-state index < -0.39 is 0 Å². The molecule has 2 nitrogen and oxygen atoms in total.